The van der Waals surface area contributed by atoms with Crippen LogP contribution >= 0.6 is 0 Å². The van der Waals surface area contributed by atoms with E-state index in [1.807, 2.05) is 84.9 Å². The van der Waals surface area contributed by atoms with E-state index in [4.69, 9.17) is 9.47 Å². The van der Waals surface area contributed by atoms with Crippen molar-refractivity contribution in [3.8, 4) is 44.9 Å². The van der Waals surface area contributed by atoms with Crippen molar-refractivity contribution in [3.63, 3.8) is 0 Å². The topological polar surface area (TPSA) is 35.5 Å². The Balaban J connectivity index is 1.66. The van der Waals surface area contributed by atoms with Gasteiger partial charge in [-0.05, 0) is 57.6 Å². The summed E-state index contributed by atoms with van der Waals surface area (Å²) in [5.74, 6) is 1.66. The van der Waals surface area contributed by atoms with Crippen molar-refractivity contribution in [2.75, 3.05) is 14.2 Å². The summed E-state index contributed by atoms with van der Waals surface area (Å²) in [6.45, 7) is 0. The van der Waals surface area contributed by atoms with E-state index in [-0.39, 0.29) is 5.78 Å². The molecule has 1 aliphatic carbocycles. The van der Waals surface area contributed by atoms with Gasteiger partial charge in [-0.2, -0.15) is 0 Å². The second-order valence-electron chi connectivity index (χ2n) is 7.24. The van der Waals surface area contributed by atoms with Crippen LogP contribution in [0.1, 0.15) is 15.9 Å². The first-order valence-electron chi connectivity index (χ1n) is 9.81. The minimum Gasteiger partial charge on any atom is -0.497 e. The second kappa shape index (κ2) is 7.20. The highest BCUT2D eigenvalue weighted by atomic mass is 16.5. The van der Waals surface area contributed by atoms with Crippen LogP contribution in [0, 0.1) is 0 Å². The van der Waals surface area contributed by atoms with Crippen molar-refractivity contribution in [2.45, 2.75) is 0 Å². The Morgan fingerprint density at radius 2 is 0.867 bits per heavy atom. The number of ketones is 1. The van der Waals surface area contributed by atoms with Gasteiger partial charge >= 0.3 is 0 Å². The number of rotatable bonds is 4. The van der Waals surface area contributed by atoms with Gasteiger partial charge in [-0.3, -0.25) is 4.79 Å². The average molecular weight is 392 g/mol. The standard InChI is InChI=1S/C27H20O3/c1-29-19-13-9-17(10-14-19)21-5-3-7-23-24-8-4-6-22(26(24)27(28)25(21)23)18-11-15-20(30-2)16-12-18/h3-16H,1-2H3. The molecule has 0 saturated carbocycles. The lowest BCUT2D eigenvalue weighted by Gasteiger charge is -2.09. The fourth-order valence-electron chi connectivity index (χ4n) is 4.19. The maximum atomic E-state index is 13.7. The molecule has 146 valence electrons. The van der Waals surface area contributed by atoms with Crippen LogP contribution in [-0.4, -0.2) is 20.0 Å². The zero-order chi connectivity index (χ0) is 20.7. The highest BCUT2D eigenvalue weighted by Crippen LogP contribution is 2.45. The molecule has 0 unspecified atom stereocenters. The van der Waals surface area contributed by atoms with Crippen molar-refractivity contribution in [1.29, 1.82) is 0 Å². The molecule has 0 bridgehead atoms. The first-order valence-corrected chi connectivity index (χ1v) is 9.81. The van der Waals surface area contributed by atoms with Crippen LogP contribution in [0.5, 0.6) is 11.5 Å². The predicted molar refractivity (Wildman–Crippen MR) is 119 cm³/mol. The number of ether oxygens (including phenoxy) is 2. The number of fused-ring (bicyclic) bond motifs is 3. The van der Waals surface area contributed by atoms with E-state index in [0.29, 0.717) is 0 Å². The van der Waals surface area contributed by atoms with E-state index >= 15 is 0 Å². The molecule has 3 heteroatoms. The van der Waals surface area contributed by atoms with Gasteiger partial charge in [0.25, 0.3) is 0 Å². The van der Waals surface area contributed by atoms with Crippen LogP contribution in [0.15, 0.2) is 84.9 Å². The number of carbonyl (C=O) groups excluding carboxylic acids is 1. The predicted octanol–water partition coefficient (Wildman–Crippen LogP) is 6.25. The Kier molecular flexibility index (Phi) is 4.36. The molecule has 4 aromatic rings. The third kappa shape index (κ3) is 2.79. The summed E-state index contributed by atoms with van der Waals surface area (Å²) in [4.78, 5) is 13.7. The SMILES string of the molecule is COc1ccc(-c2cccc3c2C(=O)c2c(-c4ccc(OC)cc4)cccc2-3)cc1. The monoisotopic (exact) mass is 392 g/mol. The summed E-state index contributed by atoms with van der Waals surface area (Å²) in [6, 6.07) is 27.8. The van der Waals surface area contributed by atoms with Crippen molar-refractivity contribution < 1.29 is 14.3 Å². The minimum absolute atomic E-state index is 0.0674. The first-order chi connectivity index (χ1) is 14.7. The molecule has 5 rings (SSSR count). The summed E-state index contributed by atoms with van der Waals surface area (Å²) in [6.07, 6.45) is 0. The fourth-order valence-corrected chi connectivity index (χ4v) is 4.19. The van der Waals surface area contributed by atoms with E-state index in [0.717, 1.165) is 56.0 Å². The van der Waals surface area contributed by atoms with Gasteiger partial charge in [0, 0.05) is 11.1 Å². The maximum Gasteiger partial charge on any atom is 0.195 e. The summed E-state index contributed by atoms with van der Waals surface area (Å²) in [5.41, 5.74) is 7.38. The van der Waals surface area contributed by atoms with Gasteiger partial charge in [-0.1, -0.05) is 60.7 Å². The number of benzene rings is 4. The third-order valence-corrected chi connectivity index (χ3v) is 5.68. The Morgan fingerprint density at radius 1 is 0.500 bits per heavy atom. The van der Waals surface area contributed by atoms with Gasteiger partial charge in [-0.25, -0.2) is 0 Å². The molecule has 0 N–H and O–H groups in total. The quantitative estimate of drug-likeness (QED) is 0.363. The number of carbonyl (C=O) groups is 1. The van der Waals surface area contributed by atoms with Gasteiger partial charge in [0.15, 0.2) is 5.78 Å². The van der Waals surface area contributed by atoms with E-state index < -0.39 is 0 Å². The molecule has 0 atom stereocenters. The highest BCUT2D eigenvalue weighted by molar-refractivity contribution is 6.27. The normalized spacial score (nSPS) is 11.7. The third-order valence-electron chi connectivity index (χ3n) is 5.68. The fraction of sp³-hybridized carbons (Fsp3) is 0.0741. The highest BCUT2D eigenvalue weighted by Gasteiger charge is 2.31. The van der Waals surface area contributed by atoms with Crippen LogP contribution in [0.4, 0.5) is 0 Å². The lowest BCUT2D eigenvalue weighted by Crippen LogP contribution is -2.00. The molecule has 0 aromatic heterocycles. The molecular formula is C27H20O3. The molecule has 1 aliphatic rings. The zero-order valence-corrected chi connectivity index (χ0v) is 16.8. The summed E-state index contributed by atoms with van der Waals surface area (Å²) in [5, 5.41) is 0. The molecular weight excluding hydrogens is 372 g/mol. The van der Waals surface area contributed by atoms with E-state index in [2.05, 4.69) is 0 Å². The molecule has 0 heterocycles. The Morgan fingerprint density at radius 3 is 1.23 bits per heavy atom. The molecule has 0 radical (unpaired) electrons. The largest absolute Gasteiger partial charge is 0.497 e. The first kappa shape index (κ1) is 18.2. The molecule has 0 saturated heterocycles. The van der Waals surface area contributed by atoms with E-state index in [1.165, 1.54) is 0 Å². The summed E-state index contributed by atoms with van der Waals surface area (Å²) >= 11 is 0. The van der Waals surface area contributed by atoms with Gasteiger partial charge in [0.2, 0.25) is 0 Å². The summed E-state index contributed by atoms with van der Waals surface area (Å²) in [7, 11) is 3.30. The molecule has 0 fully saturated rings. The van der Waals surface area contributed by atoms with Crippen molar-refractivity contribution in [3.05, 3.63) is 96.1 Å². The maximum absolute atomic E-state index is 13.7. The van der Waals surface area contributed by atoms with Crippen LogP contribution in [-0.2, 0) is 0 Å². The van der Waals surface area contributed by atoms with Crippen LogP contribution in [0.25, 0.3) is 33.4 Å². The lowest BCUT2D eigenvalue weighted by atomic mass is 9.94. The van der Waals surface area contributed by atoms with Gasteiger partial charge < -0.3 is 9.47 Å². The molecule has 0 spiro atoms. The second-order valence-corrected chi connectivity index (χ2v) is 7.24. The minimum atomic E-state index is 0.0674. The smallest absolute Gasteiger partial charge is 0.195 e. The zero-order valence-electron chi connectivity index (χ0n) is 16.8. The number of methoxy groups -OCH3 is 2. The molecule has 0 aliphatic heterocycles. The van der Waals surface area contributed by atoms with E-state index in [1.54, 1.807) is 14.2 Å². The Labute approximate surface area is 175 Å². The lowest BCUT2D eigenvalue weighted by molar-refractivity contribution is 0.104. The summed E-state index contributed by atoms with van der Waals surface area (Å²) < 4.78 is 10.5. The number of hydrogen-bond acceptors (Lipinski definition) is 3. The Bertz CT molecular complexity index is 1150. The number of hydrogen-bond donors (Lipinski definition) is 0. The van der Waals surface area contributed by atoms with Crippen molar-refractivity contribution >= 4 is 5.78 Å². The van der Waals surface area contributed by atoms with Gasteiger partial charge in [-0.15, -0.1) is 0 Å². The molecule has 30 heavy (non-hydrogen) atoms. The van der Waals surface area contributed by atoms with Crippen LogP contribution in [0.2, 0.25) is 0 Å². The van der Waals surface area contributed by atoms with Gasteiger partial charge in [0.1, 0.15) is 11.5 Å². The van der Waals surface area contributed by atoms with Crippen molar-refractivity contribution in [2.24, 2.45) is 0 Å². The molecule has 4 aromatic carbocycles. The Hall–Kier alpha value is -3.85. The van der Waals surface area contributed by atoms with E-state index in [9.17, 15) is 4.79 Å². The average Bonchev–Trinajstić information content (AvgIpc) is 3.12. The van der Waals surface area contributed by atoms with Gasteiger partial charge in [0.05, 0.1) is 14.2 Å². The van der Waals surface area contributed by atoms with Crippen molar-refractivity contribution in [1.82, 2.24) is 0 Å². The van der Waals surface area contributed by atoms with Crippen LogP contribution < -0.4 is 9.47 Å². The molecule has 0 amide bonds. The molecule has 3 nitrogen and oxygen atoms in total. The van der Waals surface area contributed by atoms with Crippen LogP contribution in [0.3, 0.4) is 0 Å².